The van der Waals surface area contributed by atoms with Crippen LogP contribution >= 0.6 is 27.3 Å². The quantitative estimate of drug-likeness (QED) is 0.562. The molecule has 1 heterocycles. The Balaban J connectivity index is 1.58. The van der Waals surface area contributed by atoms with Crippen molar-refractivity contribution in [2.45, 2.75) is 19.6 Å². The summed E-state index contributed by atoms with van der Waals surface area (Å²) in [6.07, 6.45) is -0.792. The standard InChI is InChI=1S/C20H19BrN2O3S/c1-13-19(18(25)15-8-5-9-16(21)10-15)27-20(22-13)23-17(24)12-26-11-14-6-3-2-4-7-14/h2-10,18,25H,11-12H2,1H3,(H,22,23,24). The van der Waals surface area contributed by atoms with Gasteiger partial charge in [0, 0.05) is 4.47 Å². The molecule has 0 aliphatic rings. The van der Waals surface area contributed by atoms with Crippen molar-refractivity contribution in [1.29, 1.82) is 0 Å². The first kappa shape index (κ1) is 19.7. The van der Waals surface area contributed by atoms with E-state index < -0.39 is 6.10 Å². The number of benzene rings is 2. The number of halogens is 1. The Labute approximate surface area is 170 Å². The first-order chi connectivity index (χ1) is 13.0. The van der Waals surface area contributed by atoms with Gasteiger partial charge in [-0.1, -0.05) is 69.7 Å². The predicted octanol–water partition coefficient (Wildman–Crippen LogP) is 4.45. The largest absolute Gasteiger partial charge is 0.383 e. The number of amides is 1. The van der Waals surface area contributed by atoms with Crippen LogP contribution in [0.25, 0.3) is 0 Å². The highest BCUT2D eigenvalue weighted by atomic mass is 79.9. The first-order valence-electron chi connectivity index (χ1n) is 8.35. The maximum atomic E-state index is 12.1. The zero-order valence-electron chi connectivity index (χ0n) is 14.7. The number of thiazole rings is 1. The van der Waals surface area contributed by atoms with E-state index in [2.05, 4.69) is 26.2 Å². The molecule has 2 N–H and O–H groups in total. The average Bonchev–Trinajstić information content (AvgIpc) is 3.02. The maximum Gasteiger partial charge on any atom is 0.252 e. The van der Waals surface area contributed by atoms with Gasteiger partial charge < -0.3 is 9.84 Å². The molecule has 1 aromatic heterocycles. The summed E-state index contributed by atoms with van der Waals surface area (Å²) in [6.45, 7) is 2.13. The highest BCUT2D eigenvalue weighted by Crippen LogP contribution is 2.33. The van der Waals surface area contributed by atoms with Gasteiger partial charge in [0.1, 0.15) is 12.7 Å². The van der Waals surface area contributed by atoms with Crippen LogP contribution in [0.2, 0.25) is 0 Å². The molecule has 140 valence electrons. The maximum absolute atomic E-state index is 12.1. The Morgan fingerprint density at radius 2 is 2.04 bits per heavy atom. The Kier molecular flexibility index (Phi) is 6.73. The fourth-order valence-corrected chi connectivity index (χ4v) is 3.95. The van der Waals surface area contributed by atoms with Crippen LogP contribution in [0.15, 0.2) is 59.1 Å². The smallest absolute Gasteiger partial charge is 0.252 e. The summed E-state index contributed by atoms with van der Waals surface area (Å²) >= 11 is 4.67. The Hall–Kier alpha value is -2.06. The summed E-state index contributed by atoms with van der Waals surface area (Å²) in [6, 6.07) is 17.1. The molecule has 7 heteroatoms. The number of carbonyl (C=O) groups is 1. The normalized spacial score (nSPS) is 12.0. The number of anilines is 1. The Morgan fingerprint density at radius 1 is 1.26 bits per heavy atom. The number of aryl methyl sites for hydroxylation is 1. The number of aliphatic hydroxyl groups excluding tert-OH is 1. The molecule has 5 nitrogen and oxygen atoms in total. The van der Waals surface area contributed by atoms with Gasteiger partial charge in [-0.05, 0) is 30.2 Å². The molecule has 2 aromatic carbocycles. The minimum atomic E-state index is -0.792. The van der Waals surface area contributed by atoms with Crippen molar-refractivity contribution in [2.24, 2.45) is 0 Å². The van der Waals surface area contributed by atoms with Crippen molar-refractivity contribution >= 4 is 38.3 Å². The van der Waals surface area contributed by atoms with E-state index in [9.17, 15) is 9.90 Å². The molecule has 0 radical (unpaired) electrons. The number of carbonyl (C=O) groups excluding carboxylic acids is 1. The highest BCUT2D eigenvalue weighted by Gasteiger charge is 2.19. The third-order valence-corrected chi connectivity index (χ3v) is 5.45. The third kappa shape index (κ3) is 5.46. The van der Waals surface area contributed by atoms with Crippen LogP contribution < -0.4 is 5.32 Å². The highest BCUT2D eigenvalue weighted by molar-refractivity contribution is 9.10. The lowest BCUT2D eigenvalue weighted by Crippen LogP contribution is -2.18. The van der Waals surface area contributed by atoms with Crippen LogP contribution in [-0.2, 0) is 16.1 Å². The molecule has 1 unspecified atom stereocenters. The number of nitrogens with zero attached hydrogens (tertiary/aromatic N) is 1. The van der Waals surface area contributed by atoms with Crippen molar-refractivity contribution in [1.82, 2.24) is 4.98 Å². The Morgan fingerprint density at radius 3 is 2.78 bits per heavy atom. The van der Waals surface area contributed by atoms with Crippen molar-refractivity contribution in [3.8, 4) is 0 Å². The zero-order valence-corrected chi connectivity index (χ0v) is 17.1. The number of aliphatic hydroxyl groups is 1. The molecule has 0 saturated heterocycles. The molecule has 1 atom stereocenters. The lowest BCUT2D eigenvalue weighted by Gasteiger charge is -2.09. The van der Waals surface area contributed by atoms with Gasteiger partial charge in [-0.15, -0.1) is 0 Å². The topological polar surface area (TPSA) is 71.5 Å². The minimum absolute atomic E-state index is 0.0585. The van der Waals surface area contributed by atoms with Gasteiger partial charge in [0.05, 0.1) is 17.2 Å². The lowest BCUT2D eigenvalue weighted by atomic mass is 10.1. The zero-order chi connectivity index (χ0) is 19.2. The van der Waals surface area contributed by atoms with Gasteiger partial charge in [0.15, 0.2) is 5.13 Å². The monoisotopic (exact) mass is 446 g/mol. The van der Waals surface area contributed by atoms with Gasteiger partial charge in [-0.2, -0.15) is 0 Å². The molecule has 0 aliphatic carbocycles. The van der Waals surface area contributed by atoms with E-state index >= 15 is 0 Å². The number of rotatable bonds is 7. The molecule has 1 amide bonds. The molecule has 3 aromatic rings. The lowest BCUT2D eigenvalue weighted by molar-refractivity contribution is -0.121. The van der Waals surface area contributed by atoms with E-state index in [0.717, 1.165) is 15.6 Å². The summed E-state index contributed by atoms with van der Waals surface area (Å²) < 4.78 is 6.32. The second-order valence-corrected chi connectivity index (χ2v) is 7.90. The van der Waals surface area contributed by atoms with Gasteiger partial charge in [-0.25, -0.2) is 4.98 Å². The second-order valence-electron chi connectivity index (χ2n) is 5.95. The number of hydrogen-bond donors (Lipinski definition) is 2. The Bertz CT molecular complexity index is 915. The van der Waals surface area contributed by atoms with Crippen LogP contribution in [0.4, 0.5) is 5.13 Å². The van der Waals surface area contributed by atoms with Crippen molar-refractivity contribution in [2.75, 3.05) is 11.9 Å². The number of aromatic nitrogens is 1. The number of nitrogens with one attached hydrogen (secondary N) is 1. The number of ether oxygens (including phenoxy) is 1. The first-order valence-corrected chi connectivity index (χ1v) is 9.96. The predicted molar refractivity (Wildman–Crippen MR) is 110 cm³/mol. The van der Waals surface area contributed by atoms with E-state index in [1.807, 2.05) is 61.5 Å². The fraction of sp³-hybridized carbons (Fsp3) is 0.200. The van der Waals surface area contributed by atoms with Gasteiger partial charge in [0.2, 0.25) is 0 Å². The van der Waals surface area contributed by atoms with Crippen molar-refractivity contribution in [3.63, 3.8) is 0 Å². The SMILES string of the molecule is Cc1nc(NC(=O)COCc2ccccc2)sc1C(O)c1cccc(Br)c1. The van der Waals surface area contributed by atoms with E-state index in [4.69, 9.17) is 4.74 Å². The van der Waals surface area contributed by atoms with Gasteiger partial charge >= 0.3 is 0 Å². The number of hydrogen-bond acceptors (Lipinski definition) is 5. The third-order valence-electron chi connectivity index (χ3n) is 3.84. The summed E-state index contributed by atoms with van der Waals surface area (Å²) in [4.78, 5) is 17.1. The molecule has 0 saturated carbocycles. The second kappa shape index (κ2) is 9.23. The van der Waals surface area contributed by atoms with E-state index in [0.29, 0.717) is 22.3 Å². The van der Waals surface area contributed by atoms with Gasteiger partial charge in [0.25, 0.3) is 5.91 Å². The average molecular weight is 447 g/mol. The molecule has 0 spiro atoms. The van der Waals surface area contributed by atoms with Crippen molar-refractivity contribution < 1.29 is 14.6 Å². The molecule has 3 rings (SSSR count). The fourth-order valence-electron chi connectivity index (χ4n) is 2.53. The summed E-state index contributed by atoms with van der Waals surface area (Å²) in [5, 5.41) is 13.8. The van der Waals surface area contributed by atoms with Crippen LogP contribution in [0.5, 0.6) is 0 Å². The van der Waals surface area contributed by atoms with Crippen LogP contribution in [0.1, 0.15) is 27.8 Å². The summed E-state index contributed by atoms with van der Waals surface area (Å²) in [7, 11) is 0. The van der Waals surface area contributed by atoms with Crippen LogP contribution in [0, 0.1) is 6.92 Å². The molecular formula is C20H19BrN2O3S. The molecule has 27 heavy (non-hydrogen) atoms. The minimum Gasteiger partial charge on any atom is -0.383 e. The summed E-state index contributed by atoms with van der Waals surface area (Å²) in [5.74, 6) is -0.275. The molecule has 0 bridgehead atoms. The molecular weight excluding hydrogens is 428 g/mol. The van der Waals surface area contributed by atoms with Crippen LogP contribution in [-0.4, -0.2) is 22.6 Å². The van der Waals surface area contributed by atoms with E-state index in [-0.39, 0.29) is 12.5 Å². The van der Waals surface area contributed by atoms with E-state index in [1.165, 1.54) is 11.3 Å². The molecule has 0 aliphatic heterocycles. The van der Waals surface area contributed by atoms with Crippen LogP contribution in [0.3, 0.4) is 0 Å². The van der Waals surface area contributed by atoms with Gasteiger partial charge in [-0.3, -0.25) is 10.1 Å². The van der Waals surface area contributed by atoms with E-state index in [1.54, 1.807) is 0 Å². The molecule has 0 fully saturated rings. The summed E-state index contributed by atoms with van der Waals surface area (Å²) in [5.41, 5.74) is 2.46. The van der Waals surface area contributed by atoms with Crippen molar-refractivity contribution in [3.05, 3.63) is 80.8 Å².